The Hall–Kier alpha value is -3.75. The average molecular weight is 478 g/mol. The molecule has 3 heterocycles. The normalized spacial score (nSPS) is 19.6. The zero-order valence-electron chi connectivity index (χ0n) is 20.3. The van der Waals surface area contributed by atoms with Gasteiger partial charge in [0, 0.05) is 26.3 Å². The molecule has 1 aliphatic carbocycles. The first kappa shape index (κ1) is 23.0. The van der Waals surface area contributed by atoms with Crippen LogP contribution in [0.2, 0.25) is 0 Å². The van der Waals surface area contributed by atoms with Crippen molar-refractivity contribution in [3.8, 4) is 5.69 Å². The van der Waals surface area contributed by atoms with Crippen molar-refractivity contribution in [1.82, 2.24) is 24.5 Å². The van der Waals surface area contributed by atoms with Crippen molar-refractivity contribution < 1.29 is 18.7 Å². The lowest BCUT2D eigenvalue weighted by atomic mass is 9.65. The van der Waals surface area contributed by atoms with Gasteiger partial charge in [0.2, 0.25) is 0 Å². The monoisotopic (exact) mass is 477 g/mol. The maximum Gasteiger partial charge on any atom is 0.410 e. The highest BCUT2D eigenvalue weighted by atomic mass is 19.1. The van der Waals surface area contributed by atoms with Crippen molar-refractivity contribution in [3.63, 3.8) is 0 Å². The summed E-state index contributed by atoms with van der Waals surface area (Å²) in [7, 11) is 1.77. The third-order valence-electron chi connectivity index (χ3n) is 6.54. The molecule has 1 aliphatic heterocycles. The Morgan fingerprint density at radius 1 is 1.11 bits per heavy atom. The molecule has 182 valence electrons. The molecule has 0 radical (unpaired) electrons. The van der Waals surface area contributed by atoms with E-state index in [4.69, 9.17) is 4.74 Å². The predicted octanol–water partition coefficient (Wildman–Crippen LogP) is 4.19. The van der Waals surface area contributed by atoms with E-state index in [0.717, 1.165) is 22.5 Å². The molecule has 0 spiro atoms. The number of Topliss-reactive ketones (excluding diaryl/α,β-unsaturated/α-hetero) is 1. The summed E-state index contributed by atoms with van der Waals surface area (Å²) in [6, 6.07) is 6.15. The Balaban J connectivity index is 1.56. The Morgan fingerprint density at radius 3 is 2.51 bits per heavy atom. The van der Waals surface area contributed by atoms with Gasteiger partial charge in [-0.2, -0.15) is 10.2 Å². The van der Waals surface area contributed by atoms with Crippen molar-refractivity contribution in [2.75, 3.05) is 13.1 Å². The highest BCUT2D eigenvalue weighted by Gasteiger charge is 2.50. The highest BCUT2D eigenvalue weighted by Crippen LogP contribution is 2.46. The van der Waals surface area contributed by atoms with Crippen LogP contribution in [0.5, 0.6) is 0 Å². The molecule has 9 heteroatoms. The molecule has 3 aromatic rings. The first-order valence-electron chi connectivity index (χ1n) is 11.6. The van der Waals surface area contributed by atoms with Gasteiger partial charge in [0.1, 0.15) is 11.4 Å². The van der Waals surface area contributed by atoms with E-state index in [-0.39, 0.29) is 18.1 Å². The quantitative estimate of drug-likeness (QED) is 0.528. The minimum atomic E-state index is -0.943. The molecule has 2 aliphatic rings. The second kappa shape index (κ2) is 8.18. The first-order chi connectivity index (χ1) is 16.6. The lowest BCUT2D eigenvalue weighted by Gasteiger charge is -2.45. The maximum absolute atomic E-state index is 14.0. The van der Waals surface area contributed by atoms with Crippen molar-refractivity contribution in [2.45, 2.75) is 39.2 Å². The van der Waals surface area contributed by atoms with Gasteiger partial charge in [-0.1, -0.05) is 5.57 Å². The molecule has 2 aromatic heterocycles. The number of ketones is 1. The van der Waals surface area contributed by atoms with Crippen LogP contribution in [0, 0.1) is 11.2 Å². The van der Waals surface area contributed by atoms with Crippen LogP contribution in [0.25, 0.3) is 11.8 Å². The number of amides is 1. The maximum atomic E-state index is 14.0. The summed E-state index contributed by atoms with van der Waals surface area (Å²) < 4.78 is 22.5. The first-order valence-corrected chi connectivity index (χ1v) is 11.6. The second-order valence-corrected chi connectivity index (χ2v) is 10.3. The molecule has 0 bridgehead atoms. The summed E-state index contributed by atoms with van der Waals surface area (Å²) in [4.78, 5) is 28.6. The molecule has 1 atom stereocenters. The number of rotatable bonds is 3. The topological polar surface area (TPSA) is 82.2 Å². The van der Waals surface area contributed by atoms with Crippen LogP contribution in [0.3, 0.4) is 0 Å². The highest BCUT2D eigenvalue weighted by molar-refractivity contribution is 6.04. The smallest absolute Gasteiger partial charge is 0.410 e. The van der Waals surface area contributed by atoms with E-state index in [1.54, 1.807) is 52.0 Å². The summed E-state index contributed by atoms with van der Waals surface area (Å²) in [5.41, 5.74) is 2.36. The van der Waals surface area contributed by atoms with E-state index in [1.165, 1.54) is 12.1 Å². The van der Waals surface area contributed by atoms with E-state index in [9.17, 15) is 14.0 Å². The van der Waals surface area contributed by atoms with Crippen LogP contribution in [0.4, 0.5) is 9.18 Å². The fourth-order valence-corrected chi connectivity index (χ4v) is 4.94. The molecule has 1 fully saturated rings. The number of piperidine rings is 1. The summed E-state index contributed by atoms with van der Waals surface area (Å²) in [6.07, 6.45) is 7.52. The lowest BCUT2D eigenvalue weighted by molar-refractivity contribution is 0.0138. The van der Waals surface area contributed by atoms with E-state index < -0.39 is 17.1 Å². The molecule has 0 saturated carbocycles. The van der Waals surface area contributed by atoms with E-state index in [1.807, 2.05) is 26.8 Å². The predicted molar refractivity (Wildman–Crippen MR) is 128 cm³/mol. The molecule has 1 aromatic carbocycles. The molecule has 1 unspecified atom stereocenters. The molecule has 1 amide bonds. The molecule has 1 saturated heterocycles. The number of carbonyl (C=O) groups excluding carboxylic acids is 2. The third-order valence-corrected chi connectivity index (χ3v) is 6.54. The third kappa shape index (κ3) is 4.15. The van der Waals surface area contributed by atoms with Crippen LogP contribution in [-0.2, 0) is 18.2 Å². The fourth-order valence-electron chi connectivity index (χ4n) is 4.94. The number of ether oxygens (including phenoxy) is 1. The van der Waals surface area contributed by atoms with Crippen LogP contribution >= 0.6 is 0 Å². The molecular weight excluding hydrogens is 449 g/mol. The number of halogens is 1. The Bertz CT molecular complexity index is 1330. The number of likely N-dealkylation sites (tertiary alicyclic amines) is 1. The van der Waals surface area contributed by atoms with Crippen molar-refractivity contribution in [2.24, 2.45) is 12.5 Å². The van der Waals surface area contributed by atoms with Gasteiger partial charge in [-0.25, -0.2) is 13.9 Å². The van der Waals surface area contributed by atoms with Crippen molar-refractivity contribution >= 4 is 18.0 Å². The Morgan fingerprint density at radius 2 is 1.86 bits per heavy atom. The van der Waals surface area contributed by atoms with Crippen molar-refractivity contribution in [1.29, 1.82) is 0 Å². The van der Waals surface area contributed by atoms with Crippen LogP contribution < -0.4 is 0 Å². The van der Waals surface area contributed by atoms with Gasteiger partial charge in [-0.15, -0.1) is 0 Å². The van der Waals surface area contributed by atoms with Gasteiger partial charge in [0.05, 0.1) is 34.8 Å². The number of benzene rings is 1. The molecule has 5 rings (SSSR count). The van der Waals surface area contributed by atoms with Gasteiger partial charge in [0.25, 0.3) is 0 Å². The zero-order chi connectivity index (χ0) is 25.0. The number of hydrogen-bond acceptors (Lipinski definition) is 5. The zero-order valence-corrected chi connectivity index (χ0v) is 20.3. The largest absolute Gasteiger partial charge is 0.444 e. The summed E-state index contributed by atoms with van der Waals surface area (Å²) in [5.74, 6) is -0.394. The van der Waals surface area contributed by atoms with Gasteiger partial charge < -0.3 is 9.64 Å². The van der Waals surface area contributed by atoms with Crippen molar-refractivity contribution in [3.05, 3.63) is 71.1 Å². The number of carbonyl (C=O) groups is 2. The molecular formula is C26H28FN5O3. The number of aromatic nitrogens is 4. The summed E-state index contributed by atoms with van der Waals surface area (Å²) >= 11 is 0. The average Bonchev–Trinajstić information content (AvgIpc) is 3.41. The fraction of sp³-hybridized carbons (Fsp3) is 0.385. The van der Waals surface area contributed by atoms with Gasteiger partial charge >= 0.3 is 6.09 Å². The molecule has 35 heavy (non-hydrogen) atoms. The van der Waals surface area contributed by atoms with E-state index >= 15 is 0 Å². The van der Waals surface area contributed by atoms with Gasteiger partial charge in [-0.3, -0.25) is 9.48 Å². The van der Waals surface area contributed by atoms with E-state index in [2.05, 4.69) is 10.2 Å². The second-order valence-electron chi connectivity index (χ2n) is 10.3. The van der Waals surface area contributed by atoms with Crippen LogP contribution in [0.15, 0.2) is 48.4 Å². The van der Waals surface area contributed by atoms with Gasteiger partial charge in [0.15, 0.2) is 5.78 Å². The van der Waals surface area contributed by atoms with Crippen LogP contribution in [-0.4, -0.2) is 55.0 Å². The number of fused-ring (bicyclic) bond motifs is 2. The summed E-state index contributed by atoms with van der Waals surface area (Å²) in [5, 5.41) is 8.73. The number of hydrogen-bond donors (Lipinski definition) is 0. The number of aryl methyl sites for hydroxylation is 1. The Kier molecular flexibility index (Phi) is 5.38. The van der Waals surface area contributed by atoms with Crippen LogP contribution in [0.1, 0.15) is 48.8 Å². The lowest BCUT2D eigenvalue weighted by Crippen LogP contribution is -2.54. The number of nitrogens with zero attached hydrogens (tertiary/aromatic N) is 5. The van der Waals surface area contributed by atoms with E-state index in [0.29, 0.717) is 24.9 Å². The minimum Gasteiger partial charge on any atom is -0.444 e. The molecule has 0 N–H and O–H groups in total. The SMILES string of the molecule is Cn1cc(C(=O)C23Cc4cnn(-c5ccc(F)cc5)c4C=C2CCN(C(=O)OC(C)(C)C)C3)cn1. The summed E-state index contributed by atoms with van der Waals surface area (Å²) in [6.45, 7) is 6.14. The standard InChI is InChI=1S/C26H28FN5O3/c1-25(2,3)35-24(34)31-10-9-19-11-22-17(13-29-32(22)21-7-5-20(27)6-8-21)12-26(19,16-31)23(33)18-14-28-30(4)15-18/h5-8,11,13-15H,9-10,12,16H2,1-4H3. The Labute approximate surface area is 203 Å². The molecule has 8 nitrogen and oxygen atoms in total. The minimum absolute atomic E-state index is 0.0784. The van der Waals surface area contributed by atoms with Gasteiger partial charge in [-0.05, 0) is 69.5 Å².